The van der Waals surface area contributed by atoms with E-state index in [1.165, 1.54) is 19.3 Å². The molecular weight excluding hydrogens is 440 g/mol. The van der Waals surface area contributed by atoms with Gasteiger partial charge in [0.1, 0.15) is 0 Å². The summed E-state index contributed by atoms with van der Waals surface area (Å²) in [7, 11) is 0. The minimum absolute atomic E-state index is 0.0177. The summed E-state index contributed by atoms with van der Waals surface area (Å²) in [6, 6.07) is 14.4. The molecule has 2 aromatic carbocycles. The standard InChI is InChI=1S/C28H38N4O3/c1-3-18-32(19-4-2)28(35)22-12-16-25(17-13-22)30-26(33)20-29-23-14-10-21(11-15-23)27(34)31-24-8-6-5-7-9-24/h10-17,24,29H,3-9,18-20H2,1-2H3,(H,30,33)(H,31,34). The Labute approximate surface area is 208 Å². The number of carbonyl (C=O) groups excluding carboxylic acids is 3. The Morgan fingerprint density at radius 1 is 0.800 bits per heavy atom. The van der Waals surface area contributed by atoms with Crippen LogP contribution >= 0.6 is 0 Å². The molecule has 7 nitrogen and oxygen atoms in total. The third-order valence-electron chi connectivity index (χ3n) is 6.23. The van der Waals surface area contributed by atoms with E-state index in [-0.39, 0.29) is 30.3 Å². The van der Waals surface area contributed by atoms with Crippen molar-refractivity contribution in [3.05, 3.63) is 59.7 Å². The van der Waals surface area contributed by atoms with Crippen LogP contribution in [0.3, 0.4) is 0 Å². The van der Waals surface area contributed by atoms with E-state index < -0.39 is 0 Å². The van der Waals surface area contributed by atoms with Gasteiger partial charge >= 0.3 is 0 Å². The molecule has 1 saturated carbocycles. The average molecular weight is 479 g/mol. The van der Waals surface area contributed by atoms with Gasteiger partial charge in [-0.05, 0) is 74.2 Å². The lowest BCUT2D eigenvalue weighted by molar-refractivity contribution is -0.114. The molecule has 0 aliphatic heterocycles. The first-order chi connectivity index (χ1) is 17.0. The summed E-state index contributed by atoms with van der Waals surface area (Å²) in [5, 5.41) is 9.04. The van der Waals surface area contributed by atoms with Crippen LogP contribution in [0.1, 0.15) is 79.5 Å². The highest BCUT2D eigenvalue weighted by molar-refractivity contribution is 5.97. The molecule has 2 aromatic rings. The molecule has 0 unspecified atom stereocenters. The normalized spacial score (nSPS) is 13.7. The van der Waals surface area contributed by atoms with Gasteiger partial charge in [0.05, 0.1) is 6.54 Å². The molecule has 7 heteroatoms. The number of nitrogens with one attached hydrogen (secondary N) is 3. The zero-order chi connectivity index (χ0) is 25.0. The maximum absolute atomic E-state index is 12.7. The topological polar surface area (TPSA) is 90.5 Å². The van der Waals surface area contributed by atoms with Crippen LogP contribution in [0.2, 0.25) is 0 Å². The summed E-state index contributed by atoms with van der Waals surface area (Å²) in [4.78, 5) is 39.4. The molecule has 0 radical (unpaired) electrons. The largest absolute Gasteiger partial charge is 0.376 e. The number of benzene rings is 2. The van der Waals surface area contributed by atoms with Crippen LogP contribution in [0.25, 0.3) is 0 Å². The molecule has 3 amide bonds. The highest BCUT2D eigenvalue weighted by Gasteiger charge is 2.17. The summed E-state index contributed by atoms with van der Waals surface area (Å²) in [5.74, 6) is -0.221. The van der Waals surface area contributed by atoms with Gasteiger partial charge in [0.25, 0.3) is 11.8 Å². The van der Waals surface area contributed by atoms with Gasteiger partial charge in [-0.1, -0.05) is 33.1 Å². The quantitative estimate of drug-likeness (QED) is 0.421. The van der Waals surface area contributed by atoms with E-state index in [4.69, 9.17) is 0 Å². The smallest absolute Gasteiger partial charge is 0.253 e. The van der Waals surface area contributed by atoms with Crippen molar-refractivity contribution in [2.24, 2.45) is 0 Å². The fraction of sp³-hybridized carbons (Fsp3) is 0.464. The van der Waals surface area contributed by atoms with E-state index in [9.17, 15) is 14.4 Å². The molecule has 35 heavy (non-hydrogen) atoms. The maximum Gasteiger partial charge on any atom is 0.253 e. The Bertz CT molecular complexity index is 961. The molecule has 0 bridgehead atoms. The second-order valence-electron chi connectivity index (χ2n) is 9.16. The second-order valence-corrected chi connectivity index (χ2v) is 9.16. The predicted octanol–water partition coefficient (Wildman–Crippen LogP) is 5.06. The number of carbonyl (C=O) groups is 3. The highest BCUT2D eigenvalue weighted by atomic mass is 16.2. The van der Waals surface area contributed by atoms with Crippen molar-refractivity contribution in [2.45, 2.75) is 64.8 Å². The van der Waals surface area contributed by atoms with Gasteiger partial charge in [-0.15, -0.1) is 0 Å². The van der Waals surface area contributed by atoms with Crippen molar-refractivity contribution in [2.75, 3.05) is 30.3 Å². The van der Waals surface area contributed by atoms with E-state index in [1.54, 1.807) is 36.4 Å². The first-order valence-corrected chi connectivity index (χ1v) is 12.8. The Balaban J connectivity index is 1.45. The molecular formula is C28H38N4O3. The average Bonchev–Trinajstić information content (AvgIpc) is 2.88. The zero-order valence-corrected chi connectivity index (χ0v) is 20.9. The monoisotopic (exact) mass is 478 g/mol. The van der Waals surface area contributed by atoms with E-state index in [2.05, 4.69) is 29.8 Å². The third-order valence-corrected chi connectivity index (χ3v) is 6.23. The lowest BCUT2D eigenvalue weighted by Crippen LogP contribution is -2.36. The number of amides is 3. The van der Waals surface area contributed by atoms with E-state index in [0.29, 0.717) is 16.8 Å². The summed E-state index contributed by atoms with van der Waals surface area (Å²) >= 11 is 0. The van der Waals surface area contributed by atoms with Gasteiger partial charge in [0, 0.05) is 41.6 Å². The van der Waals surface area contributed by atoms with E-state index >= 15 is 0 Å². The molecule has 0 heterocycles. The molecule has 1 fully saturated rings. The van der Waals surface area contributed by atoms with Crippen molar-refractivity contribution >= 4 is 29.1 Å². The van der Waals surface area contributed by atoms with Crippen molar-refractivity contribution in [3.8, 4) is 0 Å². The molecule has 0 atom stereocenters. The van der Waals surface area contributed by atoms with Crippen molar-refractivity contribution in [3.63, 3.8) is 0 Å². The molecule has 1 aliphatic rings. The van der Waals surface area contributed by atoms with Crippen LogP contribution in [0, 0.1) is 0 Å². The van der Waals surface area contributed by atoms with Crippen LogP contribution in [0.15, 0.2) is 48.5 Å². The summed E-state index contributed by atoms with van der Waals surface area (Å²) < 4.78 is 0. The van der Waals surface area contributed by atoms with Crippen molar-refractivity contribution in [1.82, 2.24) is 10.2 Å². The van der Waals surface area contributed by atoms with Crippen LogP contribution in [-0.4, -0.2) is 48.3 Å². The first kappa shape index (κ1) is 26.3. The first-order valence-electron chi connectivity index (χ1n) is 12.8. The zero-order valence-electron chi connectivity index (χ0n) is 20.9. The molecule has 0 saturated heterocycles. The Morgan fingerprint density at radius 3 is 1.97 bits per heavy atom. The molecule has 188 valence electrons. The van der Waals surface area contributed by atoms with Crippen molar-refractivity contribution in [1.29, 1.82) is 0 Å². The number of hydrogen-bond donors (Lipinski definition) is 3. The lowest BCUT2D eigenvalue weighted by atomic mass is 9.95. The number of hydrogen-bond acceptors (Lipinski definition) is 4. The summed E-state index contributed by atoms with van der Waals surface area (Å²) in [6.45, 7) is 5.69. The van der Waals surface area contributed by atoms with Crippen LogP contribution in [0.4, 0.5) is 11.4 Å². The van der Waals surface area contributed by atoms with Crippen LogP contribution in [0.5, 0.6) is 0 Å². The van der Waals surface area contributed by atoms with Gasteiger partial charge in [-0.2, -0.15) is 0 Å². The number of nitrogens with zero attached hydrogens (tertiary/aromatic N) is 1. The Morgan fingerprint density at radius 2 is 1.37 bits per heavy atom. The summed E-state index contributed by atoms with van der Waals surface area (Å²) in [5.41, 5.74) is 2.65. The van der Waals surface area contributed by atoms with Gasteiger partial charge < -0.3 is 20.9 Å². The number of anilines is 2. The molecule has 3 N–H and O–H groups in total. The fourth-order valence-corrected chi connectivity index (χ4v) is 4.38. The molecule has 0 aromatic heterocycles. The van der Waals surface area contributed by atoms with Gasteiger partial charge in [-0.25, -0.2) is 0 Å². The highest BCUT2D eigenvalue weighted by Crippen LogP contribution is 2.18. The van der Waals surface area contributed by atoms with Crippen LogP contribution < -0.4 is 16.0 Å². The minimum Gasteiger partial charge on any atom is -0.376 e. The Hall–Kier alpha value is -3.35. The SMILES string of the molecule is CCCN(CCC)C(=O)c1ccc(NC(=O)CNc2ccc(C(=O)NC3CCCCC3)cc2)cc1. The fourth-order valence-electron chi connectivity index (χ4n) is 4.38. The number of rotatable bonds is 11. The van der Waals surface area contributed by atoms with Gasteiger partial charge in [0.15, 0.2) is 0 Å². The van der Waals surface area contributed by atoms with E-state index in [1.807, 2.05) is 17.0 Å². The van der Waals surface area contributed by atoms with E-state index in [0.717, 1.165) is 44.5 Å². The van der Waals surface area contributed by atoms with Gasteiger partial charge in [-0.3, -0.25) is 14.4 Å². The molecule has 1 aliphatic carbocycles. The minimum atomic E-state index is -0.193. The third kappa shape index (κ3) is 8.12. The maximum atomic E-state index is 12.7. The molecule has 3 rings (SSSR count). The summed E-state index contributed by atoms with van der Waals surface area (Å²) in [6.07, 6.45) is 7.54. The van der Waals surface area contributed by atoms with Crippen molar-refractivity contribution < 1.29 is 14.4 Å². The predicted molar refractivity (Wildman–Crippen MR) is 141 cm³/mol. The van der Waals surface area contributed by atoms with Gasteiger partial charge in [0.2, 0.25) is 5.91 Å². The Kier molecular flexibility index (Phi) is 10.1. The lowest BCUT2D eigenvalue weighted by Gasteiger charge is -2.22. The van der Waals surface area contributed by atoms with Crippen LogP contribution in [-0.2, 0) is 4.79 Å². The molecule has 0 spiro atoms. The second kappa shape index (κ2) is 13.5.